The molecule has 0 aliphatic carbocycles. The number of ether oxygens (including phenoxy) is 1. The Morgan fingerprint density at radius 1 is 1.19 bits per heavy atom. The van der Waals surface area contributed by atoms with E-state index < -0.39 is 11.2 Å². The van der Waals surface area contributed by atoms with E-state index in [-0.39, 0.29) is 30.5 Å². The number of nitrogen functional groups attached to an aromatic ring is 1. The number of aromatic hydroxyl groups is 1. The van der Waals surface area contributed by atoms with E-state index in [0.717, 1.165) is 38.0 Å². The number of phenolic OH excluding ortho intramolecular Hbond substituents is 1. The number of benzene rings is 1. The van der Waals surface area contributed by atoms with E-state index in [1.807, 2.05) is 39.0 Å². The largest absolute Gasteiger partial charge is 0.507 e. The maximum atomic E-state index is 12.7. The molecule has 37 heavy (non-hydrogen) atoms. The standard InChI is InChI=1S/C27H38N6O4/c1-26(2,3)37-25(35)31-12-6-11-27(36,16-31)17-33-18-9-10-19(33)15-32(14-18)22-13-21(29-30-24(22)28)20-7-4-5-8-23(20)34/h4-5,7-8,13,18-19,34,36H,6,9-12,14-17H2,1-3H3,(H2,28,30)/t18?,19?,27-/m0/s1. The molecule has 4 N–H and O–H groups in total. The maximum Gasteiger partial charge on any atom is 0.410 e. The minimum atomic E-state index is -0.965. The number of para-hydroxylation sites is 1. The lowest BCUT2D eigenvalue weighted by molar-refractivity contribution is -0.0677. The van der Waals surface area contributed by atoms with E-state index in [1.54, 1.807) is 17.0 Å². The molecule has 0 saturated carbocycles. The number of likely N-dealkylation sites (tertiary alicyclic amines) is 1. The van der Waals surface area contributed by atoms with Crippen LogP contribution in [0.25, 0.3) is 11.3 Å². The van der Waals surface area contributed by atoms with Crippen LogP contribution in [0.3, 0.4) is 0 Å². The topological polar surface area (TPSA) is 128 Å². The zero-order valence-corrected chi connectivity index (χ0v) is 21.9. The molecule has 4 heterocycles. The van der Waals surface area contributed by atoms with E-state index in [1.165, 1.54) is 0 Å². The van der Waals surface area contributed by atoms with Gasteiger partial charge in [-0.05, 0) is 64.7 Å². The Balaban J connectivity index is 1.28. The van der Waals surface area contributed by atoms with E-state index in [9.17, 15) is 15.0 Å². The number of hydrogen-bond donors (Lipinski definition) is 3. The Kier molecular flexibility index (Phi) is 6.66. The van der Waals surface area contributed by atoms with Crippen molar-refractivity contribution in [2.45, 2.75) is 69.7 Å². The second-order valence-corrected chi connectivity index (χ2v) is 11.7. The third-order valence-electron chi connectivity index (χ3n) is 7.64. The van der Waals surface area contributed by atoms with Gasteiger partial charge in [-0.3, -0.25) is 4.90 Å². The third kappa shape index (κ3) is 5.45. The average molecular weight is 511 g/mol. The first-order valence-electron chi connectivity index (χ1n) is 13.1. The van der Waals surface area contributed by atoms with Crippen LogP contribution in [0.5, 0.6) is 5.75 Å². The molecule has 3 aliphatic heterocycles. The summed E-state index contributed by atoms with van der Waals surface area (Å²) in [6.07, 6.45) is 3.13. The van der Waals surface area contributed by atoms with Gasteiger partial charge in [0.1, 0.15) is 11.4 Å². The molecule has 5 rings (SSSR count). The molecule has 3 atom stereocenters. The first-order chi connectivity index (χ1) is 17.5. The fourth-order valence-corrected chi connectivity index (χ4v) is 5.98. The second kappa shape index (κ2) is 9.64. The van der Waals surface area contributed by atoms with Crippen LogP contribution in [0, 0.1) is 0 Å². The summed E-state index contributed by atoms with van der Waals surface area (Å²) in [6.45, 7) is 8.51. The highest BCUT2D eigenvalue weighted by Crippen LogP contribution is 2.38. The molecule has 1 amide bonds. The minimum absolute atomic E-state index is 0.151. The van der Waals surface area contributed by atoms with Crippen molar-refractivity contribution in [1.82, 2.24) is 20.0 Å². The number of piperazine rings is 1. The van der Waals surface area contributed by atoms with Gasteiger partial charge in [-0.2, -0.15) is 0 Å². The number of nitrogens with two attached hydrogens (primary N) is 1. The van der Waals surface area contributed by atoms with Crippen LogP contribution in [0.4, 0.5) is 16.3 Å². The lowest BCUT2D eigenvalue weighted by Crippen LogP contribution is -2.62. The summed E-state index contributed by atoms with van der Waals surface area (Å²) < 4.78 is 5.56. The molecule has 2 unspecified atom stereocenters. The highest BCUT2D eigenvalue weighted by Gasteiger charge is 2.46. The number of rotatable bonds is 4. The van der Waals surface area contributed by atoms with Gasteiger partial charge >= 0.3 is 6.09 Å². The van der Waals surface area contributed by atoms with Crippen molar-refractivity contribution in [2.75, 3.05) is 43.4 Å². The van der Waals surface area contributed by atoms with E-state index in [2.05, 4.69) is 20.0 Å². The van der Waals surface area contributed by atoms with E-state index in [4.69, 9.17) is 10.5 Å². The fourth-order valence-electron chi connectivity index (χ4n) is 5.98. The average Bonchev–Trinajstić information content (AvgIpc) is 3.05. The molecule has 0 radical (unpaired) electrons. The molecule has 3 saturated heterocycles. The first-order valence-corrected chi connectivity index (χ1v) is 13.1. The van der Waals surface area contributed by atoms with Gasteiger partial charge in [-0.25, -0.2) is 4.79 Å². The van der Waals surface area contributed by atoms with Crippen LogP contribution >= 0.6 is 0 Å². The van der Waals surface area contributed by atoms with Crippen molar-refractivity contribution in [3.05, 3.63) is 30.3 Å². The van der Waals surface area contributed by atoms with Crippen LogP contribution in [0.2, 0.25) is 0 Å². The lowest BCUT2D eigenvalue weighted by Gasteiger charge is -2.47. The van der Waals surface area contributed by atoms with Gasteiger partial charge in [0.15, 0.2) is 5.82 Å². The number of β-amino-alcohol motifs (C(OH)–C–C–N with tert-alkyl or cyclic N) is 1. The SMILES string of the molecule is CC(C)(C)OC(=O)N1CCC[C@@](O)(CN2C3CCC2CN(c2cc(-c4ccccc4O)nnc2N)C3)C1. The Labute approximate surface area is 218 Å². The predicted octanol–water partition coefficient (Wildman–Crippen LogP) is 2.85. The Hall–Kier alpha value is -3.11. The van der Waals surface area contributed by atoms with Gasteiger partial charge in [0.2, 0.25) is 0 Å². The quantitative estimate of drug-likeness (QED) is 0.569. The lowest BCUT2D eigenvalue weighted by atomic mass is 9.91. The molecule has 1 aromatic heterocycles. The maximum absolute atomic E-state index is 12.7. The number of amides is 1. The number of carbonyl (C=O) groups is 1. The predicted molar refractivity (Wildman–Crippen MR) is 141 cm³/mol. The van der Waals surface area contributed by atoms with Crippen LogP contribution in [-0.2, 0) is 4.74 Å². The van der Waals surface area contributed by atoms with E-state index in [0.29, 0.717) is 36.6 Å². The summed E-state index contributed by atoms with van der Waals surface area (Å²) in [7, 11) is 0. The van der Waals surface area contributed by atoms with Crippen molar-refractivity contribution >= 4 is 17.6 Å². The molecule has 1 aromatic carbocycles. The molecular weight excluding hydrogens is 472 g/mol. The number of aliphatic hydroxyl groups is 1. The fraction of sp³-hybridized carbons (Fsp3) is 0.593. The smallest absolute Gasteiger partial charge is 0.410 e. The Bertz CT molecular complexity index is 1140. The van der Waals surface area contributed by atoms with Crippen molar-refractivity contribution in [3.8, 4) is 17.0 Å². The van der Waals surface area contributed by atoms with Crippen molar-refractivity contribution in [1.29, 1.82) is 0 Å². The number of nitrogens with zero attached hydrogens (tertiary/aromatic N) is 5. The molecule has 3 aliphatic rings. The van der Waals surface area contributed by atoms with Gasteiger partial charge in [0.05, 0.1) is 23.5 Å². The van der Waals surface area contributed by atoms with Crippen LogP contribution in [0.1, 0.15) is 46.5 Å². The van der Waals surface area contributed by atoms with Gasteiger partial charge in [-0.15, -0.1) is 10.2 Å². The summed E-state index contributed by atoms with van der Waals surface area (Å²) in [6, 6.07) is 9.50. The normalized spacial score (nSPS) is 26.4. The first kappa shape index (κ1) is 25.5. The number of aromatic nitrogens is 2. The summed E-state index contributed by atoms with van der Waals surface area (Å²) in [5.74, 6) is 0.518. The monoisotopic (exact) mass is 510 g/mol. The summed E-state index contributed by atoms with van der Waals surface area (Å²) in [5.41, 5.74) is 6.74. The summed E-state index contributed by atoms with van der Waals surface area (Å²) >= 11 is 0. The number of hydrogen-bond acceptors (Lipinski definition) is 9. The molecule has 10 nitrogen and oxygen atoms in total. The van der Waals surface area contributed by atoms with Gasteiger partial charge in [-0.1, -0.05) is 12.1 Å². The highest BCUT2D eigenvalue weighted by molar-refractivity contribution is 5.74. The Morgan fingerprint density at radius 3 is 2.57 bits per heavy atom. The van der Waals surface area contributed by atoms with Crippen molar-refractivity contribution < 1.29 is 19.7 Å². The number of piperidine rings is 1. The Morgan fingerprint density at radius 2 is 1.89 bits per heavy atom. The minimum Gasteiger partial charge on any atom is -0.507 e. The van der Waals surface area contributed by atoms with Crippen LogP contribution in [0.15, 0.2) is 30.3 Å². The van der Waals surface area contributed by atoms with Crippen LogP contribution in [-0.4, -0.2) is 92.3 Å². The number of anilines is 2. The number of carbonyl (C=O) groups excluding carboxylic acids is 1. The van der Waals surface area contributed by atoms with E-state index >= 15 is 0 Å². The number of phenols is 1. The molecule has 2 aromatic rings. The van der Waals surface area contributed by atoms with Gasteiger partial charge in [0.25, 0.3) is 0 Å². The van der Waals surface area contributed by atoms with Crippen LogP contribution < -0.4 is 10.6 Å². The molecule has 10 heteroatoms. The molecular formula is C27H38N6O4. The zero-order chi connectivity index (χ0) is 26.4. The van der Waals surface area contributed by atoms with Gasteiger partial charge < -0.3 is 30.5 Å². The van der Waals surface area contributed by atoms with Crippen molar-refractivity contribution in [2.24, 2.45) is 0 Å². The van der Waals surface area contributed by atoms with Gasteiger partial charge in [0, 0.05) is 43.8 Å². The zero-order valence-electron chi connectivity index (χ0n) is 21.9. The summed E-state index contributed by atoms with van der Waals surface area (Å²) in [4.78, 5) is 19.0. The second-order valence-electron chi connectivity index (χ2n) is 11.7. The molecule has 200 valence electrons. The molecule has 2 bridgehead atoms. The third-order valence-corrected chi connectivity index (χ3v) is 7.64. The highest BCUT2D eigenvalue weighted by atomic mass is 16.6. The number of fused-ring (bicyclic) bond motifs is 2. The van der Waals surface area contributed by atoms with Crippen molar-refractivity contribution in [3.63, 3.8) is 0 Å². The molecule has 0 spiro atoms. The molecule has 3 fully saturated rings. The summed E-state index contributed by atoms with van der Waals surface area (Å²) in [5, 5.41) is 30.2.